The van der Waals surface area contributed by atoms with Crippen molar-refractivity contribution in [1.29, 1.82) is 0 Å². The Labute approximate surface area is 133 Å². The fourth-order valence-electron chi connectivity index (χ4n) is 1.85. The van der Waals surface area contributed by atoms with Crippen molar-refractivity contribution in [3.63, 3.8) is 0 Å². The number of rotatable bonds is 6. The normalized spacial score (nSPS) is 12.3. The number of aromatic nitrogens is 1. The Hall–Kier alpha value is -0.840. The monoisotopic (exact) mass is 350 g/mol. The van der Waals surface area contributed by atoms with Crippen molar-refractivity contribution in [2.24, 2.45) is 0 Å². The van der Waals surface area contributed by atoms with Crippen molar-refractivity contribution in [1.82, 2.24) is 10.3 Å². The predicted octanol–water partition coefficient (Wildman–Crippen LogP) is 5.06. The fourth-order valence-corrected chi connectivity index (χ4v) is 2.94. The highest BCUT2D eigenvalue weighted by atomic mass is 79.9. The maximum absolute atomic E-state index is 4.44. The number of pyridine rings is 1. The van der Waals surface area contributed by atoms with E-state index in [1.165, 1.54) is 10.5 Å². The molecule has 2 nitrogen and oxygen atoms in total. The molecule has 2 aromatic rings. The number of nitrogens with zero attached hydrogens (tertiary/aromatic N) is 1. The summed E-state index contributed by atoms with van der Waals surface area (Å²) in [5.41, 5.74) is 1.29. The number of benzene rings is 1. The molecule has 0 radical (unpaired) electrons. The van der Waals surface area contributed by atoms with Crippen molar-refractivity contribution in [2.45, 2.75) is 36.2 Å². The first-order chi connectivity index (χ1) is 9.69. The summed E-state index contributed by atoms with van der Waals surface area (Å²) in [6.45, 7) is 5.42. The zero-order chi connectivity index (χ0) is 14.4. The van der Waals surface area contributed by atoms with Gasteiger partial charge < -0.3 is 5.32 Å². The van der Waals surface area contributed by atoms with Gasteiger partial charge in [0.2, 0.25) is 0 Å². The molecule has 0 aliphatic heterocycles. The smallest absolute Gasteiger partial charge is 0.101 e. The summed E-state index contributed by atoms with van der Waals surface area (Å²) >= 11 is 5.14. The molecule has 0 aliphatic rings. The van der Waals surface area contributed by atoms with Gasteiger partial charge in [0.1, 0.15) is 5.03 Å². The van der Waals surface area contributed by atoms with Crippen LogP contribution >= 0.6 is 27.7 Å². The maximum Gasteiger partial charge on any atom is 0.101 e. The second-order valence-electron chi connectivity index (χ2n) is 4.66. The SMILES string of the molecule is CCCNC(C)c1ccnc(Sc2ccc(Br)cc2)c1. The summed E-state index contributed by atoms with van der Waals surface area (Å²) in [6, 6.07) is 12.9. The molecular weight excluding hydrogens is 332 g/mol. The summed E-state index contributed by atoms with van der Waals surface area (Å²) in [5.74, 6) is 0. The molecule has 0 fully saturated rings. The van der Waals surface area contributed by atoms with Gasteiger partial charge in [-0.1, -0.05) is 34.6 Å². The van der Waals surface area contributed by atoms with Gasteiger partial charge in [-0.15, -0.1) is 0 Å². The van der Waals surface area contributed by atoms with Crippen LogP contribution in [-0.4, -0.2) is 11.5 Å². The molecule has 1 atom stereocenters. The van der Waals surface area contributed by atoms with Crippen molar-refractivity contribution in [3.05, 3.63) is 52.6 Å². The van der Waals surface area contributed by atoms with Crippen LogP contribution in [0.4, 0.5) is 0 Å². The van der Waals surface area contributed by atoms with E-state index < -0.39 is 0 Å². The number of hydrogen-bond acceptors (Lipinski definition) is 3. The van der Waals surface area contributed by atoms with E-state index in [0.717, 1.165) is 22.5 Å². The van der Waals surface area contributed by atoms with E-state index in [0.29, 0.717) is 6.04 Å². The molecule has 0 aliphatic carbocycles. The molecule has 0 amide bonds. The lowest BCUT2D eigenvalue weighted by Crippen LogP contribution is -2.19. The summed E-state index contributed by atoms with van der Waals surface area (Å²) < 4.78 is 1.10. The first kappa shape index (κ1) is 15.5. The highest BCUT2D eigenvalue weighted by Gasteiger charge is 2.06. The first-order valence-corrected chi connectivity index (χ1v) is 8.42. The van der Waals surface area contributed by atoms with Gasteiger partial charge in [0.05, 0.1) is 0 Å². The zero-order valence-corrected chi connectivity index (χ0v) is 14.2. The fraction of sp³-hybridized carbons (Fsp3) is 0.312. The Balaban J connectivity index is 2.07. The van der Waals surface area contributed by atoms with Gasteiger partial charge in [0, 0.05) is 21.6 Å². The molecule has 0 bridgehead atoms. The third kappa shape index (κ3) is 4.62. The summed E-state index contributed by atoms with van der Waals surface area (Å²) in [7, 11) is 0. The minimum absolute atomic E-state index is 0.363. The molecule has 1 aromatic carbocycles. The van der Waals surface area contributed by atoms with Crippen LogP contribution in [0.1, 0.15) is 31.9 Å². The minimum atomic E-state index is 0.363. The van der Waals surface area contributed by atoms with E-state index in [1.54, 1.807) is 11.8 Å². The van der Waals surface area contributed by atoms with Crippen molar-refractivity contribution < 1.29 is 0 Å². The molecule has 20 heavy (non-hydrogen) atoms. The zero-order valence-electron chi connectivity index (χ0n) is 11.8. The van der Waals surface area contributed by atoms with Crippen LogP contribution in [0.5, 0.6) is 0 Å². The van der Waals surface area contributed by atoms with Crippen LogP contribution < -0.4 is 5.32 Å². The topological polar surface area (TPSA) is 24.9 Å². The molecule has 1 heterocycles. The van der Waals surface area contributed by atoms with Crippen LogP contribution in [0.25, 0.3) is 0 Å². The largest absolute Gasteiger partial charge is 0.310 e. The van der Waals surface area contributed by atoms with E-state index >= 15 is 0 Å². The van der Waals surface area contributed by atoms with E-state index in [9.17, 15) is 0 Å². The standard InChI is InChI=1S/C16H19BrN2S/c1-3-9-18-12(2)13-8-10-19-16(11-13)20-15-6-4-14(17)5-7-15/h4-8,10-12,18H,3,9H2,1-2H3. The number of halogens is 1. The minimum Gasteiger partial charge on any atom is -0.310 e. The molecule has 0 saturated carbocycles. The highest BCUT2D eigenvalue weighted by Crippen LogP contribution is 2.28. The van der Waals surface area contributed by atoms with Gasteiger partial charge in [-0.25, -0.2) is 4.98 Å². The molecule has 0 saturated heterocycles. The molecule has 4 heteroatoms. The van der Waals surface area contributed by atoms with E-state index in [2.05, 4.69) is 76.5 Å². The highest BCUT2D eigenvalue weighted by molar-refractivity contribution is 9.10. The predicted molar refractivity (Wildman–Crippen MR) is 89.2 cm³/mol. The maximum atomic E-state index is 4.44. The van der Waals surface area contributed by atoms with Gasteiger partial charge in [-0.2, -0.15) is 0 Å². The van der Waals surface area contributed by atoms with Crippen LogP contribution in [0.3, 0.4) is 0 Å². The van der Waals surface area contributed by atoms with Crippen LogP contribution in [0.15, 0.2) is 57.0 Å². The average Bonchev–Trinajstić information content (AvgIpc) is 2.47. The quantitative estimate of drug-likeness (QED) is 0.788. The van der Waals surface area contributed by atoms with Gasteiger partial charge in [-0.05, 0) is 61.9 Å². The van der Waals surface area contributed by atoms with Crippen LogP contribution in [-0.2, 0) is 0 Å². The molecule has 1 N–H and O–H groups in total. The molecule has 106 valence electrons. The third-order valence-corrected chi connectivity index (χ3v) is 4.46. The van der Waals surface area contributed by atoms with Crippen molar-refractivity contribution >= 4 is 27.7 Å². The van der Waals surface area contributed by atoms with E-state index in [-0.39, 0.29) is 0 Å². The second kappa shape index (κ2) is 7.81. The average molecular weight is 351 g/mol. The lowest BCUT2D eigenvalue weighted by molar-refractivity contribution is 0.569. The second-order valence-corrected chi connectivity index (χ2v) is 6.67. The lowest BCUT2D eigenvalue weighted by Gasteiger charge is -2.14. The van der Waals surface area contributed by atoms with Crippen LogP contribution in [0.2, 0.25) is 0 Å². The Kier molecular flexibility index (Phi) is 6.07. The van der Waals surface area contributed by atoms with Crippen molar-refractivity contribution in [2.75, 3.05) is 6.54 Å². The molecule has 1 unspecified atom stereocenters. The van der Waals surface area contributed by atoms with Gasteiger partial charge in [-0.3, -0.25) is 0 Å². The Bertz CT molecular complexity index is 542. The molecule has 2 rings (SSSR count). The van der Waals surface area contributed by atoms with Gasteiger partial charge >= 0.3 is 0 Å². The van der Waals surface area contributed by atoms with E-state index in [4.69, 9.17) is 0 Å². The molecular formula is C16H19BrN2S. The number of hydrogen-bond donors (Lipinski definition) is 1. The van der Waals surface area contributed by atoms with Crippen molar-refractivity contribution in [3.8, 4) is 0 Å². The molecule has 0 spiro atoms. The van der Waals surface area contributed by atoms with Crippen LogP contribution in [0, 0.1) is 0 Å². The number of nitrogens with one attached hydrogen (secondary N) is 1. The third-order valence-electron chi connectivity index (χ3n) is 3.00. The van der Waals surface area contributed by atoms with Gasteiger partial charge in [0.25, 0.3) is 0 Å². The molecule has 1 aromatic heterocycles. The Morgan fingerprint density at radius 2 is 2.00 bits per heavy atom. The van der Waals surface area contributed by atoms with Gasteiger partial charge in [0.15, 0.2) is 0 Å². The lowest BCUT2D eigenvalue weighted by atomic mass is 10.1. The van der Waals surface area contributed by atoms with E-state index in [1.807, 2.05) is 6.20 Å². The first-order valence-electron chi connectivity index (χ1n) is 6.82. The summed E-state index contributed by atoms with van der Waals surface area (Å²) in [5, 5.41) is 4.54. The Morgan fingerprint density at radius 1 is 1.25 bits per heavy atom. The summed E-state index contributed by atoms with van der Waals surface area (Å²) in [6.07, 6.45) is 3.04. The Morgan fingerprint density at radius 3 is 2.70 bits per heavy atom. The summed E-state index contributed by atoms with van der Waals surface area (Å²) in [4.78, 5) is 5.64.